The number of Topliss-reactive ketones (excluding diaryl/α,β-unsaturated/α-hetero) is 1. The third-order valence-electron chi connectivity index (χ3n) is 4.35. The molecule has 1 atom stereocenters. The van der Waals surface area contributed by atoms with Gasteiger partial charge in [-0.25, -0.2) is 0 Å². The number of benzene rings is 1. The summed E-state index contributed by atoms with van der Waals surface area (Å²) in [6.45, 7) is 1.46. The maximum Gasteiger partial charge on any atom is 0.416 e. The largest absolute Gasteiger partial charge is 0.503 e. The Labute approximate surface area is 157 Å². The number of nitrogens with zero attached hydrogens (tertiary/aromatic N) is 1. The number of amides is 1. The molecule has 0 spiro atoms. The molecule has 0 saturated carbocycles. The SMILES string of the molecule is CCC(=O)C1=C(O)C(=O)N(Cc2cccc(C(F)(F)F)c2)C1c1cccs1. The summed E-state index contributed by atoms with van der Waals surface area (Å²) in [7, 11) is 0. The number of carbonyl (C=O) groups is 2. The van der Waals surface area contributed by atoms with Crippen LogP contribution in [0.2, 0.25) is 0 Å². The third-order valence-corrected chi connectivity index (χ3v) is 5.27. The Balaban J connectivity index is 2.00. The van der Waals surface area contributed by atoms with Crippen LogP contribution >= 0.6 is 11.3 Å². The van der Waals surface area contributed by atoms with Crippen molar-refractivity contribution in [2.24, 2.45) is 0 Å². The lowest BCUT2D eigenvalue weighted by molar-refractivity contribution is -0.137. The van der Waals surface area contributed by atoms with Gasteiger partial charge in [-0.2, -0.15) is 13.2 Å². The van der Waals surface area contributed by atoms with E-state index in [1.54, 1.807) is 24.4 Å². The van der Waals surface area contributed by atoms with E-state index >= 15 is 0 Å². The molecule has 4 nitrogen and oxygen atoms in total. The van der Waals surface area contributed by atoms with E-state index in [9.17, 15) is 27.9 Å². The molecule has 1 amide bonds. The molecule has 142 valence electrons. The lowest BCUT2D eigenvalue weighted by Gasteiger charge is -2.26. The van der Waals surface area contributed by atoms with Gasteiger partial charge < -0.3 is 10.0 Å². The van der Waals surface area contributed by atoms with Gasteiger partial charge in [-0.1, -0.05) is 25.1 Å². The van der Waals surface area contributed by atoms with Gasteiger partial charge >= 0.3 is 6.18 Å². The highest BCUT2D eigenvalue weighted by molar-refractivity contribution is 7.10. The second-order valence-electron chi connectivity index (χ2n) is 6.09. The lowest BCUT2D eigenvalue weighted by atomic mass is 10.00. The summed E-state index contributed by atoms with van der Waals surface area (Å²) >= 11 is 1.31. The Bertz CT molecular complexity index is 903. The Kier molecular flexibility index (Phi) is 5.10. The van der Waals surface area contributed by atoms with Crippen LogP contribution in [0.15, 0.2) is 53.1 Å². The number of aliphatic hydroxyl groups excluding tert-OH is 1. The van der Waals surface area contributed by atoms with E-state index < -0.39 is 29.4 Å². The van der Waals surface area contributed by atoms with E-state index in [-0.39, 0.29) is 29.9 Å². The number of halogens is 3. The van der Waals surface area contributed by atoms with Crippen LogP contribution in [0.3, 0.4) is 0 Å². The standard InChI is InChI=1S/C19H16F3NO3S/c1-2-13(24)15-16(14-7-4-8-27-14)23(18(26)17(15)25)10-11-5-3-6-12(9-11)19(20,21)22/h3-9,16,25H,2,10H2,1H3. The molecule has 0 aliphatic carbocycles. The van der Waals surface area contributed by atoms with E-state index in [2.05, 4.69) is 0 Å². The van der Waals surface area contributed by atoms with Crippen molar-refractivity contribution < 1.29 is 27.9 Å². The number of carbonyl (C=O) groups excluding carboxylic acids is 2. The van der Waals surface area contributed by atoms with Gasteiger partial charge in [-0.15, -0.1) is 11.3 Å². The number of aliphatic hydroxyl groups is 1. The summed E-state index contributed by atoms with van der Waals surface area (Å²) in [5.41, 5.74) is -0.559. The molecule has 27 heavy (non-hydrogen) atoms. The molecular formula is C19H16F3NO3S. The van der Waals surface area contributed by atoms with Crippen molar-refractivity contribution in [1.82, 2.24) is 4.90 Å². The van der Waals surface area contributed by atoms with Crippen LogP contribution in [0.4, 0.5) is 13.2 Å². The minimum Gasteiger partial charge on any atom is -0.503 e. The minimum atomic E-state index is -4.50. The fraction of sp³-hybridized carbons (Fsp3) is 0.263. The topological polar surface area (TPSA) is 57.6 Å². The molecule has 0 saturated heterocycles. The first-order chi connectivity index (χ1) is 12.7. The van der Waals surface area contributed by atoms with Gasteiger partial charge in [0, 0.05) is 17.8 Å². The number of alkyl halides is 3. The quantitative estimate of drug-likeness (QED) is 0.802. The maximum absolute atomic E-state index is 13.0. The molecule has 1 aromatic heterocycles. The van der Waals surface area contributed by atoms with Crippen LogP contribution < -0.4 is 0 Å². The van der Waals surface area contributed by atoms with Gasteiger partial charge in [0.2, 0.25) is 0 Å². The van der Waals surface area contributed by atoms with E-state index in [1.165, 1.54) is 28.4 Å². The molecule has 1 aromatic carbocycles. The second-order valence-corrected chi connectivity index (χ2v) is 7.07. The fourth-order valence-electron chi connectivity index (χ4n) is 3.08. The van der Waals surface area contributed by atoms with Crippen LogP contribution in [-0.4, -0.2) is 21.7 Å². The Morgan fingerprint density at radius 2 is 2.00 bits per heavy atom. The molecule has 0 radical (unpaired) electrons. The van der Waals surface area contributed by atoms with Crippen molar-refractivity contribution in [1.29, 1.82) is 0 Å². The van der Waals surface area contributed by atoms with E-state index in [1.807, 2.05) is 0 Å². The fourth-order valence-corrected chi connectivity index (χ4v) is 3.92. The van der Waals surface area contributed by atoms with E-state index in [0.717, 1.165) is 12.1 Å². The zero-order valence-electron chi connectivity index (χ0n) is 14.3. The average molecular weight is 395 g/mol. The molecular weight excluding hydrogens is 379 g/mol. The van der Waals surface area contributed by atoms with Gasteiger partial charge in [0.05, 0.1) is 17.2 Å². The maximum atomic E-state index is 13.0. The normalized spacial score (nSPS) is 17.7. The van der Waals surface area contributed by atoms with Crippen molar-refractivity contribution in [2.45, 2.75) is 32.1 Å². The summed E-state index contributed by atoms with van der Waals surface area (Å²) < 4.78 is 38.9. The molecule has 1 N–H and O–H groups in total. The summed E-state index contributed by atoms with van der Waals surface area (Å²) in [4.78, 5) is 26.8. The molecule has 8 heteroatoms. The molecule has 1 unspecified atom stereocenters. The Hall–Kier alpha value is -2.61. The molecule has 3 rings (SSSR count). The highest BCUT2D eigenvalue weighted by Gasteiger charge is 2.43. The molecule has 1 aliphatic rings. The Morgan fingerprint density at radius 1 is 1.26 bits per heavy atom. The highest BCUT2D eigenvalue weighted by Crippen LogP contribution is 2.41. The predicted octanol–water partition coefficient (Wildman–Crippen LogP) is 4.64. The first-order valence-corrected chi connectivity index (χ1v) is 9.08. The monoisotopic (exact) mass is 395 g/mol. The zero-order chi connectivity index (χ0) is 19.8. The molecule has 2 aromatic rings. The van der Waals surface area contributed by atoms with Crippen LogP contribution in [0, 0.1) is 0 Å². The summed E-state index contributed by atoms with van der Waals surface area (Å²) in [6, 6.07) is 7.33. The summed E-state index contributed by atoms with van der Waals surface area (Å²) in [5.74, 6) is -1.76. The van der Waals surface area contributed by atoms with Crippen molar-refractivity contribution in [3.8, 4) is 0 Å². The first-order valence-electron chi connectivity index (χ1n) is 8.20. The second kappa shape index (κ2) is 7.19. The molecule has 1 aliphatic heterocycles. The smallest absolute Gasteiger partial charge is 0.416 e. The molecule has 2 heterocycles. The summed E-state index contributed by atoms with van der Waals surface area (Å²) in [6.07, 6.45) is -4.39. The number of hydrogen-bond donors (Lipinski definition) is 1. The number of thiophene rings is 1. The van der Waals surface area contributed by atoms with Gasteiger partial charge in [-0.3, -0.25) is 9.59 Å². The highest BCUT2D eigenvalue weighted by atomic mass is 32.1. The lowest BCUT2D eigenvalue weighted by Crippen LogP contribution is -2.30. The number of ketones is 1. The Morgan fingerprint density at radius 3 is 2.59 bits per heavy atom. The van der Waals surface area contributed by atoms with Crippen LogP contribution in [0.25, 0.3) is 0 Å². The van der Waals surface area contributed by atoms with Crippen molar-refractivity contribution in [3.63, 3.8) is 0 Å². The minimum absolute atomic E-state index is 0.00285. The number of hydrogen-bond acceptors (Lipinski definition) is 4. The van der Waals surface area contributed by atoms with E-state index in [0.29, 0.717) is 4.88 Å². The number of rotatable bonds is 5. The molecule has 0 bridgehead atoms. The van der Waals surface area contributed by atoms with Crippen LogP contribution in [0.5, 0.6) is 0 Å². The average Bonchev–Trinajstić information content (AvgIpc) is 3.23. The van der Waals surface area contributed by atoms with Gasteiger partial charge in [0.15, 0.2) is 11.5 Å². The third kappa shape index (κ3) is 3.62. The predicted molar refractivity (Wildman–Crippen MR) is 94.0 cm³/mol. The van der Waals surface area contributed by atoms with Gasteiger partial charge in [-0.05, 0) is 29.1 Å². The zero-order valence-corrected chi connectivity index (χ0v) is 15.1. The van der Waals surface area contributed by atoms with Gasteiger partial charge in [0.25, 0.3) is 5.91 Å². The van der Waals surface area contributed by atoms with Crippen molar-refractivity contribution >= 4 is 23.0 Å². The first kappa shape index (κ1) is 19.2. The van der Waals surface area contributed by atoms with Gasteiger partial charge in [0.1, 0.15) is 0 Å². The molecule has 0 fully saturated rings. The van der Waals surface area contributed by atoms with Crippen molar-refractivity contribution in [3.05, 3.63) is 69.1 Å². The van der Waals surface area contributed by atoms with Crippen LogP contribution in [0.1, 0.15) is 35.4 Å². The van der Waals surface area contributed by atoms with Crippen molar-refractivity contribution in [2.75, 3.05) is 0 Å². The summed E-state index contributed by atoms with van der Waals surface area (Å²) in [5, 5.41) is 12.0. The van der Waals surface area contributed by atoms with E-state index in [4.69, 9.17) is 0 Å². The van der Waals surface area contributed by atoms with Crippen LogP contribution in [-0.2, 0) is 22.3 Å².